The molecule has 0 aliphatic heterocycles. The Bertz CT molecular complexity index is 952. The summed E-state index contributed by atoms with van der Waals surface area (Å²) >= 11 is 12.1. The molecule has 1 atom stereocenters. The zero-order valence-corrected chi connectivity index (χ0v) is 17.8. The van der Waals surface area contributed by atoms with E-state index in [-0.39, 0.29) is 18.8 Å². The van der Waals surface area contributed by atoms with E-state index < -0.39 is 0 Å². The molecule has 3 rings (SSSR count). The number of nitrogens with one attached hydrogen (secondary N) is 1. The number of hydrogen-bond acceptors (Lipinski definition) is 4. The number of nitrogens with zero attached hydrogens (tertiary/aromatic N) is 2. The fourth-order valence-corrected chi connectivity index (χ4v) is 3.33. The summed E-state index contributed by atoms with van der Waals surface area (Å²) < 4.78 is 8.09. The van der Waals surface area contributed by atoms with Crippen LogP contribution < -0.4 is 10.1 Å². The molecule has 5 nitrogen and oxygen atoms in total. The summed E-state index contributed by atoms with van der Waals surface area (Å²) in [6.45, 7) is 6.76. The fraction of sp³-hybridized carbons (Fsp3) is 0.381. The van der Waals surface area contributed by atoms with Crippen molar-refractivity contribution in [3.8, 4) is 5.75 Å². The van der Waals surface area contributed by atoms with Crippen molar-refractivity contribution in [3.05, 3.63) is 52.3 Å². The minimum Gasteiger partial charge on any atom is -0.488 e. The zero-order valence-electron chi connectivity index (χ0n) is 16.2. The lowest BCUT2D eigenvalue weighted by Crippen LogP contribution is -2.19. The van der Waals surface area contributed by atoms with Crippen molar-refractivity contribution < 1.29 is 9.84 Å². The SMILES string of the molecule is CCC(CO)Oc1cc(NCc2ccc(Cl)c(Cl)c2)c2ncn(C(C)C)c2c1. The Morgan fingerprint density at radius 2 is 1.96 bits per heavy atom. The molecular weight excluding hydrogens is 397 g/mol. The lowest BCUT2D eigenvalue weighted by atomic mass is 10.2. The van der Waals surface area contributed by atoms with E-state index >= 15 is 0 Å². The predicted octanol–water partition coefficient (Wildman–Crippen LogP) is 5.69. The monoisotopic (exact) mass is 421 g/mol. The topological polar surface area (TPSA) is 59.3 Å². The van der Waals surface area contributed by atoms with Crippen LogP contribution in [0.25, 0.3) is 11.0 Å². The van der Waals surface area contributed by atoms with Gasteiger partial charge in [0.2, 0.25) is 0 Å². The maximum Gasteiger partial charge on any atom is 0.124 e. The Morgan fingerprint density at radius 1 is 1.18 bits per heavy atom. The quantitative estimate of drug-likeness (QED) is 0.490. The van der Waals surface area contributed by atoms with Gasteiger partial charge in [0.05, 0.1) is 34.2 Å². The molecule has 0 bridgehead atoms. The summed E-state index contributed by atoms with van der Waals surface area (Å²) in [4.78, 5) is 4.59. The number of rotatable bonds is 8. The minimum absolute atomic E-state index is 0.0238. The first-order valence-corrected chi connectivity index (χ1v) is 10.1. The van der Waals surface area contributed by atoms with Gasteiger partial charge >= 0.3 is 0 Å². The van der Waals surface area contributed by atoms with Crippen LogP contribution in [-0.2, 0) is 6.54 Å². The summed E-state index contributed by atoms with van der Waals surface area (Å²) in [5.74, 6) is 0.701. The van der Waals surface area contributed by atoms with Crippen LogP contribution in [0, 0.1) is 0 Å². The van der Waals surface area contributed by atoms with Gasteiger partial charge in [0.1, 0.15) is 17.4 Å². The molecule has 1 heterocycles. The number of aliphatic hydroxyl groups is 1. The Hall–Kier alpha value is -1.95. The van der Waals surface area contributed by atoms with Crippen molar-refractivity contribution in [1.29, 1.82) is 0 Å². The largest absolute Gasteiger partial charge is 0.488 e. The molecule has 0 saturated carbocycles. The van der Waals surface area contributed by atoms with E-state index in [2.05, 4.69) is 28.7 Å². The molecule has 0 aliphatic rings. The van der Waals surface area contributed by atoms with E-state index in [4.69, 9.17) is 27.9 Å². The highest BCUT2D eigenvalue weighted by Gasteiger charge is 2.15. The molecule has 1 aromatic heterocycles. The molecule has 150 valence electrons. The maximum atomic E-state index is 9.49. The molecule has 28 heavy (non-hydrogen) atoms. The lowest BCUT2D eigenvalue weighted by molar-refractivity contribution is 0.113. The highest BCUT2D eigenvalue weighted by molar-refractivity contribution is 6.42. The van der Waals surface area contributed by atoms with Crippen LogP contribution in [0.1, 0.15) is 38.8 Å². The van der Waals surface area contributed by atoms with Crippen molar-refractivity contribution in [2.24, 2.45) is 0 Å². The summed E-state index contributed by atoms with van der Waals surface area (Å²) in [6.07, 6.45) is 2.33. The second-order valence-electron chi connectivity index (χ2n) is 7.02. The number of benzene rings is 2. The van der Waals surface area contributed by atoms with E-state index in [1.54, 1.807) is 6.07 Å². The lowest BCUT2D eigenvalue weighted by Gasteiger charge is -2.17. The van der Waals surface area contributed by atoms with Crippen LogP contribution in [0.2, 0.25) is 10.0 Å². The Balaban J connectivity index is 1.95. The normalized spacial score (nSPS) is 12.5. The van der Waals surface area contributed by atoms with Crippen molar-refractivity contribution in [3.63, 3.8) is 0 Å². The molecule has 0 spiro atoms. The van der Waals surface area contributed by atoms with Gasteiger partial charge in [-0.15, -0.1) is 0 Å². The van der Waals surface area contributed by atoms with Gasteiger partial charge in [0, 0.05) is 24.7 Å². The molecule has 0 fully saturated rings. The van der Waals surface area contributed by atoms with Gasteiger partial charge in [-0.3, -0.25) is 0 Å². The minimum atomic E-state index is -0.240. The first-order valence-electron chi connectivity index (χ1n) is 9.38. The van der Waals surface area contributed by atoms with Crippen LogP contribution >= 0.6 is 23.2 Å². The van der Waals surface area contributed by atoms with E-state index in [1.165, 1.54) is 0 Å². The van der Waals surface area contributed by atoms with Crippen LogP contribution in [0.3, 0.4) is 0 Å². The van der Waals surface area contributed by atoms with Gasteiger partial charge in [-0.1, -0.05) is 36.2 Å². The number of ether oxygens (including phenoxy) is 1. The third-order valence-corrected chi connectivity index (χ3v) is 5.38. The average Bonchev–Trinajstić information content (AvgIpc) is 3.11. The number of aliphatic hydroxyl groups excluding tert-OH is 1. The van der Waals surface area contributed by atoms with Gasteiger partial charge in [-0.2, -0.15) is 0 Å². The van der Waals surface area contributed by atoms with E-state index in [9.17, 15) is 5.11 Å². The number of fused-ring (bicyclic) bond motifs is 1. The van der Waals surface area contributed by atoms with E-state index in [0.29, 0.717) is 22.3 Å². The van der Waals surface area contributed by atoms with E-state index in [1.807, 2.05) is 37.5 Å². The van der Waals surface area contributed by atoms with Crippen LogP contribution in [0.4, 0.5) is 5.69 Å². The van der Waals surface area contributed by atoms with Crippen molar-refractivity contribution in [2.75, 3.05) is 11.9 Å². The fourth-order valence-electron chi connectivity index (χ4n) is 3.01. The van der Waals surface area contributed by atoms with Gasteiger partial charge < -0.3 is 19.7 Å². The molecule has 0 aliphatic carbocycles. The summed E-state index contributed by atoms with van der Waals surface area (Å²) in [7, 11) is 0. The molecule has 2 aromatic carbocycles. The third kappa shape index (κ3) is 4.54. The molecular formula is C21H25Cl2N3O2. The maximum absolute atomic E-state index is 9.49. The average molecular weight is 422 g/mol. The van der Waals surface area contributed by atoms with Gasteiger partial charge in [0.25, 0.3) is 0 Å². The smallest absolute Gasteiger partial charge is 0.124 e. The van der Waals surface area contributed by atoms with Crippen molar-refractivity contribution >= 4 is 39.9 Å². The molecule has 1 unspecified atom stereocenters. The molecule has 7 heteroatoms. The Labute approximate surface area is 175 Å². The number of anilines is 1. The Morgan fingerprint density at radius 3 is 2.61 bits per heavy atom. The first-order chi connectivity index (χ1) is 13.4. The summed E-state index contributed by atoms with van der Waals surface area (Å²) in [5, 5.41) is 14.0. The number of imidazole rings is 1. The molecule has 3 aromatic rings. The molecule has 0 radical (unpaired) electrons. The van der Waals surface area contributed by atoms with E-state index in [0.717, 1.165) is 28.7 Å². The van der Waals surface area contributed by atoms with Gasteiger partial charge in [-0.05, 0) is 38.0 Å². The highest BCUT2D eigenvalue weighted by Crippen LogP contribution is 2.31. The van der Waals surface area contributed by atoms with Crippen molar-refractivity contribution in [1.82, 2.24) is 9.55 Å². The first kappa shape index (κ1) is 20.8. The number of aromatic nitrogens is 2. The van der Waals surface area contributed by atoms with Gasteiger partial charge in [0.15, 0.2) is 0 Å². The standard InChI is InChI=1S/C21H25Cl2N3O2/c1-4-15(11-27)28-16-8-19(21-20(9-16)26(12-25-21)13(2)3)24-10-14-5-6-17(22)18(23)7-14/h5-9,12-13,15,24,27H,4,10-11H2,1-3H3. The predicted molar refractivity (Wildman–Crippen MR) is 116 cm³/mol. The molecule has 0 saturated heterocycles. The summed E-state index contributed by atoms with van der Waals surface area (Å²) in [6, 6.07) is 9.74. The Kier molecular flexibility index (Phi) is 6.70. The van der Waals surface area contributed by atoms with Crippen LogP contribution in [0.5, 0.6) is 5.75 Å². The highest BCUT2D eigenvalue weighted by atomic mass is 35.5. The summed E-state index contributed by atoms with van der Waals surface area (Å²) in [5.41, 5.74) is 3.74. The molecule has 2 N–H and O–H groups in total. The second-order valence-corrected chi connectivity index (χ2v) is 7.83. The number of halogens is 2. The van der Waals surface area contributed by atoms with Gasteiger partial charge in [-0.25, -0.2) is 4.98 Å². The zero-order chi connectivity index (χ0) is 20.3. The van der Waals surface area contributed by atoms with Crippen molar-refractivity contribution in [2.45, 2.75) is 45.9 Å². The number of hydrogen-bond donors (Lipinski definition) is 2. The van der Waals surface area contributed by atoms with Crippen LogP contribution in [-0.4, -0.2) is 27.4 Å². The van der Waals surface area contributed by atoms with Crippen LogP contribution in [0.15, 0.2) is 36.7 Å². The third-order valence-electron chi connectivity index (χ3n) is 4.64. The second kappa shape index (κ2) is 9.03. The molecule has 0 amide bonds.